The van der Waals surface area contributed by atoms with E-state index in [1.54, 1.807) is 6.07 Å². The molecular weight excluding hydrogens is 370 g/mol. The van der Waals surface area contributed by atoms with Crippen LogP contribution in [-0.4, -0.2) is 5.78 Å². The lowest BCUT2D eigenvalue weighted by Crippen LogP contribution is -2.01. The van der Waals surface area contributed by atoms with Gasteiger partial charge in [-0.15, -0.1) is 0 Å². The van der Waals surface area contributed by atoms with Crippen molar-refractivity contribution in [3.8, 4) is 11.5 Å². The fourth-order valence-electron chi connectivity index (χ4n) is 1.63. The van der Waals surface area contributed by atoms with Gasteiger partial charge in [0.2, 0.25) is 0 Å². The molecule has 0 fully saturated rings. The number of halogens is 4. The molecule has 2 nitrogen and oxygen atoms in total. The molecule has 0 saturated heterocycles. The highest BCUT2D eigenvalue weighted by atomic mass is 79.9. The Kier molecular flexibility index (Phi) is 4.68. The van der Waals surface area contributed by atoms with Crippen molar-refractivity contribution in [1.82, 2.24) is 0 Å². The average Bonchev–Trinajstić information content (AvgIpc) is 2.35. The summed E-state index contributed by atoms with van der Waals surface area (Å²) in [6.45, 7) is 1.27. The molecule has 0 aliphatic heterocycles. The summed E-state index contributed by atoms with van der Waals surface area (Å²) in [5.41, 5.74) is -0.123. The summed E-state index contributed by atoms with van der Waals surface area (Å²) >= 11 is 15.2. The van der Waals surface area contributed by atoms with E-state index >= 15 is 0 Å². The topological polar surface area (TPSA) is 26.3 Å². The Labute approximate surface area is 133 Å². The minimum Gasteiger partial charge on any atom is -0.455 e. The van der Waals surface area contributed by atoms with Gasteiger partial charge in [-0.3, -0.25) is 4.79 Å². The Morgan fingerprint density at radius 3 is 2.55 bits per heavy atom. The second-order valence-electron chi connectivity index (χ2n) is 3.97. The minimum absolute atomic E-state index is 0.0952. The Bertz CT molecular complexity index is 689. The van der Waals surface area contributed by atoms with E-state index in [0.717, 1.165) is 0 Å². The molecule has 6 heteroatoms. The number of rotatable bonds is 3. The molecule has 0 unspecified atom stereocenters. The van der Waals surface area contributed by atoms with Crippen LogP contribution >= 0.6 is 39.1 Å². The van der Waals surface area contributed by atoms with E-state index in [2.05, 4.69) is 15.9 Å². The molecule has 0 saturated carbocycles. The molecule has 2 aromatic rings. The number of benzene rings is 2. The smallest absolute Gasteiger partial charge is 0.166 e. The van der Waals surface area contributed by atoms with Gasteiger partial charge in [0.15, 0.2) is 5.78 Å². The van der Waals surface area contributed by atoms with E-state index in [1.165, 1.54) is 31.2 Å². The van der Waals surface area contributed by atoms with E-state index in [-0.39, 0.29) is 17.1 Å². The number of ketones is 1. The first kappa shape index (κ1) is 15.3. The third kappa shape index (κ3) is 3.14. The second-order valence-corrected chi connectivity index (χ2v) is 5.64. The first-order chi connectivity index (χ1) is 9.40. The largest absolute Gasteiger partial charge is 0.455 e. The number of carbonyl (C=O) groups is 1. The molecule has 0 aliphatic rings. The van der Waals surface area contributed by atoms with Gasteiger partial charge < -0.3 is 4.74 Å². The van der Waals surface area contributed by atoms with E-state index < -0.39 is 11.6 Å². The quantitative estimate of drug-likeness (QED) is 0.492. The summed E-state index contributed by atoms with van der Waals surface area (Å²) < 4.78 is 19.8. The number of Topliss-reactive ketones (excluding diaryl/α,β-unsaturated/α-hetero) is 1. The minimum atomic E-state index is -0.644. The van der Waals surface area contributed by atoms with Crippen LogP contribution in [0.25, 0.3) is 0 Å². The average molecular weight is 378 g/mol. The van der Waals surface area contributed by atoms with Gasteiger partial charge in [-0.25, -0.2) is 4.39 Å². The zero-order valence-electron chi connectivity index (χ0n) is 10.2. The van der Waals surface area contributed by atoms with Crippen LogP contribution in [0.2, 0.25) is 10.0 Å². The molecule has 0 aromatic heterocycles. The fourth-order valence-corrected chi connectivity index (χ4v) is 2.46. The van der Waals surface area contributed by atoms with Gasteiger partial charge in [0, 0.05) is 10.5 Å². The second kappa shape index (κ2) is 6.12. The monoisotopic (exact) mass is 376 g/mol. The van der Waals surface area contributed by atoms with Crippen LogP contribution < -0.4 is 4.74 Å². The van der Waals surface area contributed by atoms with E-state index in [0.29, 0.717) is 14.5 Å². The van der Waals surface area contributed by atoms with E-state index in [1.807, 2.05) is 0 Å². The van der Waals surface area contributed by atoms with Crippen LogP contribution in [0.4, 0.5) is 4.39 Å². The van der Waals surface area contributed by atoms with Crippen molar-refractivity contribution < 1.29 is 13.9 Å². The van der Waals surface area contributed by atoms with Crippen LogP contribution in [0.3, 0.4) is 0 Å². The van der Waals surface area contributed by atoms with Gasteiger partial charge in [0.1, 0.15) is 17.3 Å². The van der Waals surface area contributed by atoms with Crippen LogP contribution in [0, 0.1) is 5.82 Å². The number of hydrogen-bond acceptors (Lipinski definition) is 2. The highest BCUT2D eigenvalue weighted by molar-refractivity contribution is 9.10. The molecular formula is C14H8BrCl2FO2. The number of hydrogen-bond donors (Lipinski definition) is 0. The van der Waals surface area contributed by atoms with Gasteiger partial charge in [-0.05, 0) is 41.1 Å². The standard InChI is InChI=1S/C14H8BrCl2FO2/c1-7(19)14-11(18)3-2-4-12(14)20-13-6-9(16)8(15)5-10(13)17/h2-6H,1H3. The van der Waals surface area contributed by atoms with E-state index in [4.69, 9.17) is 27.9 Å². The highest BCUT2D eigenvalue weighted by Gasteiger charge is 2.16. The predicted molar refractivity (Wildman–Crippen MR) is 80.6 cm³/mol. The van der Waals surface area contributed by atoms with Crippen molar-refractivity contribution in [2.45, 2.75) is 6.92 Å². The Morgan fingerprint density at radius 2 is 1.90 bits per heavy atom. The zero-order valence-corrected chi connectivity index (χ0v) is 13.3. The molecule has 2 rings (SSSR count). The van der Waals surface area contributed by atoms with Crippen LogP contribution in [0.1, 0.15) is 17.3 Å². The van der Waals surface area contributed by atoms with Crippen LogP contribution in [0.15, 0.2) is 34.8 Å². The summed E-state index contributed by atoms with van der Waals surface area (Å²) in [6, 6.07) is 7.19. The van der Waals surface area contributed by atoms with Crippen molar-refractivity contribution in [2.75, 3.05) is 0 Å². The molecule has 0 aliphatic carbocycles. The lowest BCUT2D eigenvalue weighted by atomic mass is 10.1. The molecule has 104 valence electrons. The lowest BCUT2D eigenvalue weighted by molar-refractivity contribution is 0.101. The molecule has 0 atom stereocenters. The van der Waals surface area contributed by atoms with E-state index in [9.17, 15) is 9.18 Å². The Balaban J connectivity index is 2.48. The zero-order chi connectivity index (χ0) is 14.9. The molecule has 2 aromatic carbocycles. The molecule has 0 heterocycles. The first-order valence-corrected chi connectivity index (χ1v) is 7.07. The van der Waals surface area contributed by atoms with Gasteiger partial charge in [-0.2, -0.15) is 0 Å². The van der Waals surface area contributed by atoms with Gasteiger partial charge in [-0.1, -0.05) is 29.3 Å². The lowest BCUT2D eigenvalue weighted by Gasteiger charge is -2.12. The summed E-state index contributed by atoms with van der Waals surface area (Å²) in [5, 5.41) is 0.685. The molecule has 0 spiro atoms. The number of ether oxygens (including phenoxy) is 1. The third-order valence-electron chi connectivity index (χ3n) is 2.52. The number of carbonyl (C=O) groups excluding carboxylic acids is 1. The molecule has 0 N–H and O–H groups in total. The van der Waals surface area contributed by atoms with Crippen molar-refractivity contribution in [1.29, 1.82) is 0 Å². The maximum absolute atomic E-state index is 13.7. The van der Waals surface area contributed by atoms with Crippen LogP contribution in [0.5, 0.6) is 11.5 Å². The van der Waals surface area contributed by atoms with Crippen molar-refractivity contribution in [3.63, 3.8) is 0 Å². The van der Waals surface area contributed by atoms with Gasteiger partial charge in [0.05, 0.1) is 15.6 Å². The molecule has 0 bridgehead atoms. The molecule has 20 heavy (non-hydrogen) atoms. The van der Waals surface area contributed by atoms with Crippen molar-refractivity contribution >= 4 is 44.9 Å². The fraction of sp³-hybridized carbons (Fsp3) is 0.0714. The van der Waals surface area contributed by atoms with Gasteiger partial charge >= 0.3 is 0 Å². The molecule has 0 amide bonds. The summed E-state index contributed by atoms with van der Waals surface area (Å²) in [5.74, 6) is -0.738. The van der Waals surface area contributed by atoms with Crippen LogP contribution in [-0.2, 0) is 0 Å². The Morgan fingerprint density at radius 1 is 1.20 bits per heavy atom. The van der Waals surface area contributed by atoms with Crippen molar-refractivity contribution in [2.24, 2.45) is 0 Å². The van der Waals surface area contributed by atoms with Crippen molar-refractivity contribution in [3.05, 3.63) is 56.2 Å². The SMILES string of the molecule is CC(=O)c1c(F)cccc1Oc1cc(Cl)c(Br)cc1Cl. The third-order valence-corrected chi connectivity index (χ3v) is 4.01. The molecule has 0 radical (unpaired) electrons. The maximum atomic E-state index is 13.7. The van der Waals surface area contributed by atoms with Gasteiger partial charge in [0.25, 0.3) is 0 Å². The summed E-state index contributed by atoms with van der Waals surface area (Å²) in [7, 11) is 0. The normalized spacial score (nSPS) is 10.4. The Hall–Kier alpha value is -1.10. The summed E-state index contributed by atoms with van der Waals surface area (Å²) in [6.07, 6.45) is 0. The maximum Gasteiger partial charge on any atom is 0.166 e. The summed E-state index contributed by atoms with van der Waals surface area (Å²) in [4.78, 5) is 11.5. The highest BCUT2D eigenvalue weighted by Crippen LogP contribution is 2.37. The first-order valence-electron chi connectivity index (χ1n) is 5.52. The predicted octanol–water partition coefficient (Wildman–Crippen LogP) is 5.89.